The van der Waals surface area contributed by atoms with Crippen molar-refractivity contribution in [3.63, 3.8) is 0 Å². The predicted molar refractivity (Wildman–Crippen MR) is 88.3 cm³/mol. The Balaban J connectivity index is 1.91. The normalized spacial score (nSPS) is 10.6. The van der Waals surface area contributed by atoms with Crippen LogP contribution in [0.15, 0.2) is 27.7 Å². The van der Waals surface area contributed by atoms with Gasteiger partial charge in [0.25, 0.3) is 0 Å². The monoisotopic (exact) mass is 330 g/mol. The number of pyridine rings is 1. The molecule has 0 saturated carbocycles. The van der Waals surface area contributed by atoms with Crippen molar-refractivity contribution in [3.05, 3.63) is 35.2 Å². The van der Waals surface area contributed by atoms with E-state index in [2.05, 4.69) is 35.4 Å². The summed E-state index contributed by atoms with van der Waals surface area (Å²) in [6.07, 6.45) is 0.301. The molecule has 2 rings (SSSR count). The largest absolute Gasteiger partial charge is 0.360 e. The van der Waals surface area contributed by atoms with Crippen molar-refractivity contribution in [1.29, 1.82) is 5.26 Å². The molecule has 1 amide bonds. The summed E-state index contributed by atoms with van der Waals surface area (Å²) in [5, 5.41) is 16.2. The predicted octanol–water partition coefficient (Wildman–Crippen LogP) is 3.49. The van der Waals surface area contributed by atoms with E-state index in [4.69, 9.17) is 9.78 Å². The van der Waals surface area contributed by atoms with Crippen LogP contribution in [0.3, 0.4) is 0 Å². The summed E-state index contributed by atoms with van der Waals surface area (Å²) in [4.78, 5) is 16.4. The molecule has 0 aromatic carbocycles. The molecule has 6 nitrogen and oxygen atoms in total. The molecular formula is C16H18N4O2S. The average molecular weight is 330 g/mol. The van der Waals surface area contributed by atoms with Crippen LogP contribution in [0.2, 0.25) is 0 Å². The standard InChI is InChI=1S/C16H18N4O2S/c1-10(2)13-5-4-12(9-17)16(18-13)23-7-6-15(21)19-14-8-11(3)22-20-14/h4-5,8,10H,6-7H2,1-3H3,(H,19,20,21). The zero-order valence-electron chi connectivity index (χ0n) is 13.3. The molecule has 2 aromatic rings. The van der Waals surface area contributed by atoms with Gasteiger partial charge in [0.1, 0.15) is 16.9 Å². The van der Waals surface area contributed by atoms with E-state index in [0.717, 1.165) is 5.69 Å². The van der Waals surface area contributed by atoms with Gasteiger partial charge >= 0.3 is 0 Å². The summed E-state index contributed by atoms with van der Waals surface area (Å²) in [5.74, 6) is 1.73. The molecule has 0 saturated heterocycles. The Kier molecular flexibility index (Phi) is 5.77. The maximum absolute atomic E-state index is 11.9. The van der Waals surface area contributed by atoms with Gasteiger partial charge in [-0.1, -0.05) is 19.0 Å². The zero-order chi connectivity index (χ0) is 16.8. The van der Waals surface area contributed by atoms with Gasteiger partial charge in [0.05, 0.1) is 5.56 Å². The topological polar surface area (TPSA) is 91.8 Å². The first-order chi connectivity index (χ1) is 11.0. The maximum Gasteiger partial charge on any atom is 0.226 e. The van der Waals surface area contributed by atoms with E-state index < -0.39 is 0 Å². The number of hydrogen-bond acceptors (Lipinski definition) is 6. The van der Waals surface area contributed by atoms with Gasteiger partial charge in [-0.25, -0.2) is 4.98 Å². The molecule has 23 heavy (non-hydrogen) atoms. The van der Waals surface area contributed by atoms with Crippen LogP contribution in [0.5, 0.6) is 0 Å². The number of anilines is 1. The molecule has 0 radical (unpaired) electrons. The van der Waals surface area contributed by atoms with Crippen LogP contribution in [-0.2, 0) is 4.79 Å². The lowest BCUT2D eigenvalue weighted by Crippen LogP contribution is -2.12. The minimum Gasteiger partial charge on any atom is -0.360 e. The van der Waals surface area contributed by atoms with Crippen molar-refractivity contribution >= 4 is 23.5 Å². The number of hydrogen-bond donors (Lipinski definition) is 1. The lowest BCUT2D eigenvalue weighted by Gasteiger charge is -2.08. The lowest BCUT2D eigenvalue weighted by atomic mass is 10.1. The van der Waals surface area contributed by atoms with Crippen molar-refractivity contribution in [1.82, 2.24) is 10.1 Å². The van der Waals surface area contributed by atoms with Crippen molar-refractivity contribution in [2.75, 3.05) is 11.1 Å². The fraction of sp³-hybridized carbons (Fsp3) is 0.375. The Morgan fingerprint density at radius 3 is 2.87 bits per heavy atom. The Labute approximate surface area is 139 Å². The quantitative estimate of drug-likeness (QED) is 0.815. The molecule has 0 spiro atoms. The third-order valence-electron chi connectivity index (χ3n) is 3.06. The van der Waals surface area contributed by atoms with Crippen LogP contribution >= 0.6 is 11.8 Å². The van der Waals surface area contributed by atoms with Crippen LogP contribution in [-0.4, -0.2) is 21.8 Å². The molecule has 7 heteroatoms. The second-order valence-electron chi connectivity index (χ2n) is 5.32. The first kappa shape index (κ1) is 17.0. The van der Waals surface area contributed by atoms with Gasteiger partial charge in [-0.15, -0.1) is 11.8 Å². The molecule has 0 aliphatic heterocycles. The Hall–Kier alpha value is -2.33. The number of carbonyl (C=O) groups is 1. The van der Waals surface area contributed by atoms with Crippen molar-refractivity contribution in [2.24, 2.45) is 0 Å². The van der Waals surface area contributed by atoms with Crippen LogP contribution in [0.4, 0.5) is 5.82 Å². The third-order valence-corrected chi connectivity index (χ3v) is 4.05. The highest BCUT2D eigenvalue weighted by Crippen LogP contribution is 2.24. The first-order valence-corrected chi connectivity index (χ1v) is 8.25. The van der Waals surface area contributed by atoms with Gasteiger partial charge < -0.3 is 9.84 Å². The second kappa shape index (κ2) is 7.79. The molecule has 0 aliphatic carbocycles. The number of carbonyl (C=O) groups excluding carboxylic acids is 1. The molecule has 0 unspecified atom stereocenters. The maximum atomic E-state index is 11.9. The Morgan fingerprint density at radius 1 is 1.48 bits per heavy atom. The van der Waals surface area contributed by atoms with Gasteiger partial charge in [0.15, 0.2) is 5.82 Å². The van der Waals surface area contributed by atoms with E-state index in [1.54, 1.807) is 19.1 Å². The molecular weight excluding hydrogens is 312 g/mol. The summed E-state index contributed by atoms with van der Waals surface area (Å²) in [6.45, 7) is 5.86. The number of nitrogens with one attached hydrogen (secondary N) is 1. The van der Waals surface area contributed by atoms with Gasteiger partial charge in [-0.3, -0.25) is 4.79 Å². The van der Waals surface area contributed by atoms with Gasteiger partial charge in [0.2, 0.25) is 5.91 Å². The Bertz CT molecular complexity index is 734. The SMILES string of the molecule is Cc1cc(NC(=O)CCSc2nc(C(C)C)ccc2C#N)no1. The van der Waals surface area contributed by atoms with Crippen molar-refractivity contribution in [3.8, 4) is 6.07 Å². The number of aromatic nitrogens is 2. The van der Waals surface area contributed by atoms with E-state index in [1.807, 2.05) is 6.07 Å². The number of amides is 1. The highest BCUT2D eigenvalue weighted by Gasteiger charge is 2.11. The third kappa shape index (κ3) is 4.83. The smallest absolute Gasteiger partial charge is 0.226 e. The molecule has 1 N–H and O–H groups in total. The molecule has 2 heterocycles. The molecule has 0 atom stereocenters. The number of rotatable bonds is 6. The lowest BCUT2D eigenvalue weighted by molar-refractivity contribution is -0.115. The molecule has 120 valence electrons. The van der Waals surface area contributed by atoms with E-state index in [9.17, 15) is 4.79 Å². The fourth-order valence-electron chi connectivity index (χ4n) is 1.84. The van der Waals surface area contributed by atoms with E-state index >= 15 is 0 Å². The zero-order valence-corrected chi connectivity index (χ0v) is 14.1. The van der Waals surface area contributed by atoms with Crippen molar-refractivity contribution < 1.29 is 9.32 Å². The van der Waals surface area contributed by atoms with Crippen LogP contribution in [0.1, 0.15) is 43.2 Å². The minimum absolute atomic E-state index is 0.149. The summed E-state index contributed by atoms with van der Waals surface area (Å²) >= 11 is 1.41. The van der Waals surface area contributed by atoms with Crippen LogP contribution in [0, 0.1) is 18.3 Å². The minimum atomic E-state index is -0.149. The number of thioether (sulfide) groups is 1. The van der Waals surface area contributed by atoms with Crippen LogP contribution < -0.4 is 5.32 Å². The van der Waals surface area contributed by atoms with Crippen LogP contribution in [0.25, 0.3) is 0 Å². The van der Waals surface area contributed by atoms with E-state index in [-0.39, 0.29) is 5.91 Å². The average Bonchev–Trinajstić information content (AvgIpc) is 2.92. The fourth-order valence-corrected chi connectivity index (χ4v) is 2.76. The molecule has 0 fully saturated rings. The second-order valence-corrected chi connectivity index (χ2v) is 6.41. The first-order valence-electron chi connectivity index (χ1n) is 7.26. The number of nitrogens with zero attached hydrogens (tertiary/aromatic N) is 3. The van der Waals surface area contributed by atoms with Crippen molar-refractivity contribution in [2.45, 2.75) is 38.1 Å². The Morgan fingerprint density at radius 2 is 2.26 bits per heavy atom. The van der Waals surface area contributed by atoms with E-state index in [0.29, 0.717) is 40.3 Å². The highest BCUT2D eigenvalue weighted by atomic mass is 32.2. The molecule has 0 aliphatic rings. The summed E-state index contributed by atoms with van der Waals surface area (Å²) in [5.41, 5.74) is 1.47. The highest BCUT2D eigenvalue weighted by molar-refractivity contribution is 7.99. The summed E-state index contributed by atoms with van der Waals surface area (Å²) in [6, 6.07) is 7.44. The van der Waals surface area contributed by atoms with Gasteiger partial charge in [0, 0.05) is 23.9 Å². The summed E-state index contributed by atoms with van der Waals surface area (Å²) < 4.78 is 4.89. The molecule has 2 aromatic heterocycles. The summed E-state index contributed by atoms with van der Waals surface area (Å²) in [7, 11) is 0. The van der Waals surface area contributed by atoms with Gasteiger partial charge in [-0.2, -0.15) is 5.26 Å². The van der Waals surface area contributed by atoms with Gasteiger partial charge in [-0.05, 0) is 25.0 Å². The van der Waals surface area contributed by atoms with E-state index in [1.165, 1.54) is 11.8 Å². The number of aryl methyl sites for hydroxylation is 1. The number of nitriles is 1. The molecule has 0 bridgehead atoms.